The van der Waals surface area contributed by atoms with Gasteiger partial charge in [0.1, 0.15) is 0 Å². The Morgan fingerprint density at radius 2 is 2.50 bits per heavy atom. The van der Waals surface area contributed by atoms with Gasteiger partial charge in [-0.25, -0.2) is 0 Å². The summed E-state index contributed by atoms with van der Waals surface area (Å²) in [6.07, 6.45) is 0. The highest BCUT2D eigenvalue weighted by Crippen LogP contribution is 1.64. The molecule has 0 unspecified atom stereocenters. The molecule has 0 rings (SSSR count). The molecule has 0 aromatic rings. The monoisotopic (exact) mass is 111 g/mol. The zero-order valence-corrected chi connectivity index (χ0v) is 3.90. The van der Waals surface area contributed by atoms with Gasteiger partial charge in [-0.3, -0.25) is 4.84 Å². The Balaban J connectivity index is 2.34. The van der Waals surface area contributed by atoms with Crippen LogP contribution in [0.2, 0.25) is 0 Å². The van der Waals surface area contributed by atoms with Crippen LogP contribution in [-0.2, 0) is 4.84 Å². The molecule has 0 amide bonds. The van der Waals surface area contributed by atoms with Crippen molar-refractivity contribution in [2.45, 2.75) is 0 Å². The molecule has 0 aliphatic rings. The second kappa shape index (κ2) is 5.17. The van der Waals surface area contributed by atoms with E-state index in [-0.39, 0.29) is 13.2 Å². The Kier molecular flexibility index (Phi) is 5.32. The van der Waals surface area contributed by atoms with Crippen LogP contribution < -0.4 is 5.00 Å². The fourth-order valence-electron chi connectivity index (χ4n) is 0.0842. The summed E-state index contributed by atoms with van der Waals surface area (Å²) in [4.78, 5) is 6.13. The third-order valence-electron chi connectivity index (χ3n) is 0.248. The van der Waals surface area contributed by atoms with Crippen LogP contribution >= 0.6 is 11.8 Å². The normalized spacial score (nSPS) is 9.00. The molecule has 0 aliphatic heterocycles. The van der Waals surface area contributed by atoms with Gasteiger partial charge in [0.25, 0.3) is 0 Å². The van der Waals surface area contributed by atoms with E-state index in [0.29, 0.717) is 0 Å². The molecule has 0 saturated carbocycles. The Bertz CT molecular complexity index is 23.5. The Hall–Kier alpha value is 0.170. The molecule has 0 saturated heterocycles. The summed E-state index contributed by atoms with van der Waals surface area (Å²) >= 11 is 4.80. The average Bonchev–Trinajstić information content (AvgIpc) is 1.61. The molecule has 0 aromatic carbocycles. The number of hydrogen-bond donors (Lipinski definition) is 2. The van der Waals surface area contributed by atoms with E-state index in [1.807, 2.05) is 5.00 Å². The third-order valence-corrected chi connectivity index (χ3v) is 0.357. The van der Waals surface area contributed by atoms with E-state index in [0.717, 1.165) is 0 Å². The molecule has 6 heavy (non-hydrogen) atoms. The molecule has 0 bridgehead atoms. The Morgan fingerprint density at radius 1 is 1.83 bits per heavy atom. The Morgan fingerprint density at radius 3 is 2.67 bits per heavy atom. The average molecular weight is 112 g/mol. The number of rotatable bonds is 3. The van der Waals surface area contributed by atoms with Crippen molar-refractivity contribution in [2.75, 3.05) is 13.2 Å². The smallest absolute Gasteiger partial charge is 0.0928 e. The molecule has 3 nitrogen and oxygen atoms in total. The van der Waals surface area contributed by atoms with Crippen molar-refractivity contribution >= 4 is 11.8 Å². The largest absolute Gasteiger partial charge is 0.394 e. The summed E-state index contributed by atoms with van der Waals surface area (Å²) < 4.78 is 0. The van der Waals surface area contributed by atoms with E-state index < -0.39 is 0 Å². The highest BCUT2D eigenvalue weighted by molar-refractivity contribution is 6.12. The van der Waals surface area contributed by atoms with Gasteiger partial charge in [0.15, 0.2) is 0 Å². The standard InChI is InChI=1S/C2H6ClNO2/c3-4-6-2-1-5/h4-5H,1-2H2. The number of aliphatic hydroxyl groups excluding tert-OH is 1. The van der Waals surface area contributed by atoms with E-state index in [1.54, 1.807) is 0 Å². The van der Waals surface area contributed by atoms with Crippen LogP contribution in [0.1, 0.15) is 0 Å². The first kappa shape index (κ1) is 6.17. The minimum absolute atomic E-state index is 0.0142. The van der Waals surface area contributed by atoms with E-state index >= 15 is 0 Å². The fraction of sp³-hybridized carbons (Fsp3) is 1.00. The number of halogens is 1. The molecule has 0 atom stereocenters. The van der Waals surface area contributed by atoms with Crippen molar-refractivity contribution in [1.82, 2.24) is 5.00 Å². The van der Waals surface area contributed by atoms with Gasteiger partial charge in [0.2, 0.25) is 0 Å². The topological polar surface area (TPSA) is 41.5 Å². The van der Waals surface area contributed by atoms with Crippen molar-refractivity contribution < 1.29 is 9.94 Å². The van der Waals surface area contributed by atoms with Gasteiger partial charge in [0.05, 0.1) is 13.2 Å². The lowest BCUT2D eigenvalue weighted by molar-refractivity contribution is 0.0616. The molecular weight excluding hydrogens is 105 g/mol. The van der Waals surface area contributed by atoms with Gasteiger partial charge in [-0.05, 0) is 0 Å². The summed E-state index contributed by atoms with van der Waals surface area (Å²) in [6, 6.07) is 0. The second-order valence-electron chi connectivity index (χ2n) is 0.649. The summed E-state index contributed by atoms with van der Waals surface area (Å²) in [5.41, 5.74) is 0. The van der Waals surface area contributed by atoms with Crippen molar-refractivity contribution in [3.8, 4) is 0 Å². The van der Waals surface area contributed by atoms with Crippen LogP contribution in [0, 0.1) is 0 Å². The molecule has 0 aliphatic carbocycles. The van der Waals surface area contributed by atoms with E-state index in [4.69, 9.17) is 16.9 Å². The van der Waals surface area contributed by atoms with Crippen LogP contribution in [0.15, 0.2) is 0 Å². The third kappa shape index (κ3) is 4.17. The maximum atomic E-state index is 7.97. The van der Waals surface area contributed by atoms with Crippen LogP contribution in [0.5, 0.6) is 0 Å². The molecule has 0 spiro atoms. The maximum absolute atomic E-state index is 7.97. The van der Waals surface area contributed by atoms with Crippen LogP contribution in [0.3, 0.4) is 0 Å². The Labute approximate surface area is 40.9 Å². The van der Waals surface area contributed by atoms with Crippen molar-refractivity contribution in [1.29, 1.82) is 0 Å². The van der Waals surface area contributed by atoms with Crippen molar-refractivity contribution in [3.63, 3.8) is 0 Å². The maximum Gasteiger partial charge on any atom is 0.0928 e. The van der Waals surface area contributed by atoms with Crippen molar-refractivity contribution in [2.24, 2.45) is 0 Å². The lowest BCUT2D eigenvalue weighted by atomic mass is 10.8. The summed E-state index contributed by atoms with van der Waals surface area (Å²) in [5, 5.41) is 7.97. The predicted molar refractivity (Wildman–Crippen MR) is 22.0 cm³/mol. The molecule has 0 radical (unpaired) electrons. The molecule has 2 N–H and O–H groups in total. The van der Waals surface area contributed by atoms with Crippen LogP contribution in [0.25, 0.3) is 0 Å². The number of hydrogen-bond acceptors (Lipinski definition) is 3. The minimum atomic E-state index is -0.0142. The van der Waals surface area contributed by atoms with Crippen LogP contribution in [0.4, 0.5) is 0 Å². The van der Waals surface area contributed by atoms with Gasteiger partial charge in [-0.15, -0.1) is 5.00 Å². The van der Waals surface area contributed by atoms with Crippen molar-refractivity contribution in [3.05, 3.63) is 0 Å². The molecule has 0 fully saturated rings. The molecular formula is C2H6ClNO2. The summed E-state index contributed by atoms with van der Waals surface area (Å²) in [6.45, 7) is 0.212. The van der Waals surface area contributed by atoms with Crippen LogP contribution in [-0.4, -0.2) is 18.3 Å². The first-order valence-electron chi connectivity index (χ1n) is 1.50. The van der Waals surface area contributed by atoms with Gasteiger partial charge in [0, 0.05) is 11.8 Å². The molecule has 0 aromatic heterocycles. The molecule has 0 heterocycles. The van der Waals surface area contributed by atoms with E-state index in [1.165, 1.54) is 0 Å². The fourth-order valence-corrected chi connectivity index (χ4v) is 0.161. The summed E-state index contributed by atoms with van der Waals surface area (Å²) in [7, 11) is 0. The highest BCUT2D eigenvalue weighted by atomic mass is 35.5. The zero-order chi connectivity index (χ0) is 4.83. The highest BCUT2D eigenvalue weighted by Gasteiger charge is 1.74. The van der Waals surface area contributed by atoms with Gasteiger partial charge < -0.3 is 5.11 Å². The van der Waals surface area contributed by atoms with E-state index in [9.17, 15) is 0 Å². The van der Waals surface area contributed by atoms with Gasteiger partial charge in [-0.1, -0.05) is 0 Å². The second-order valence-corrected chi connectivity index (χ2v) is 0.804. The minimum Gasteiger partial charge on any atom is -0.394 e. The van der Waals surface area contributed by atoms with Gasteiger partial charge in [-0.2, -0.15) is 0 Å². The number of nitrogens with one attached hydrogen (secondary N) is 1. The van der Waals surface area contributed by atoms with Gasteiger partial charge >= 0.3 is 0 Å². The first-order valence-corrected chi connectivity index (χ1v) is 1.88. The SMILES string of the molecule is OCCONCl. The lowest BCUT2D eigenvalue weighted by Gasteiger charge is -1.90. The number of aliphatic hydroxyl groups is 1. The molecule has 38 valence electrons. The summed E-state index contributed by atoms with van der Waals surface area (Å²) in [5.74, 6) is 0. The first-order chi connectivity index (χ1) is 2.91. The van der Waals surface area contributed by atoms with E-state index in [2.05, 4.69) is 4.84 Å². The quantitative estimate of drug-likeness (QED) is 0.297. The predicted octanol–water partition coefficient (Wildman–Crippen LogP) is -0.346. The molecule has 4 heteroatoms. The zero-order valence-electron chi connectivity index (χ0n) is 3.15. The lowest BCUT2D eigenvalue weighted by Crippen LogP contribution is -2.04.